The summed E-state index contributed by atoms with van der Waals surface area (Å²) in [6, 6.07) is 15.7. The third kappa shape index (κ3) is 6.00. The molecule has 0 spiro atoms. The van der Waals surface area contributed by atoms with Crippen molar-refractivity contribution >= 4 is 21.8 Å². The number of methoxy groups -OCH3 is 1. The maximum atomic E-state index is 13.1. The fourth-order valence-corrected chi connectivity index (χ4v) is 4.45. The Hall–Kier alpha value is -2.71. The van der Waals surface area contributed by atoms with E-state index >= 15 is 0 Å². The van der Waals surface area contributed by atoms with Crippen LogP contribution in [0.3, 0.4) is 0 Å². The molecule has 0 bridgehead atoms. The number of halogens is 1. The van der Waals surface area contributed by atoms with Gasteiger partial charge in [0.25, 0.3) is 0 Å². The molecule has 8 heteroatoms. The number of piperidine rings is 1. The second kappa shape index (κ2) is 10.9. The topological polar surface area (TPSA) is 80.5 Å². The number of nitrogens with one attached hydrogen (secondary N) is 1. The summed E-state index contributed by atoms with van der Waals surface area (Å²) in [7, 11) is 1.65. The van der Waals surface area contributed by atoms with Crippen molar-refractivity contribution in [3.05, 3.63) is 64.5 Å². The Balaban J connectivity index is 1.34. The average molecular weight is 513 g/mol. The van der Waals surface area contributed by atoms with Crippen molar-refractivity contribution in [2.45, 2.75) is 38.8 Å². The molecule has 2 unspecified atom stereocenters. The standard InChI is InChI=1S/C25H29BrN4O3/c1-3-22(17-8-12-21(32-2)13-9-17)27-25(31)19-5-4-14-30(15-19)16-23-28-24(29-33-23)18-6-10-20(26)11-7-18/h6-13,19,22H,3-5,14-16H2,1-2H3,(H,27,31). The average Bonchev–Trinajstić information content (AvgIpc) is 3.31. The lowest BCUT2D eigenvalue weighted by atomic mass is 9.95. The quantitative estimate of drug-likeness (QED) is 0.458. The first kappa shape index (κ1) is 23.4. The Kier molecular flexibility index (Phi) is 7.77. The first-order valence-corrected chi connectivity index (χ1v) is 12.1. The summed E-state index contributed by atoms with van der Waals surface area (Å²) in [5, 5.41) is 7.36. The van der Waals surface area contributed by atoms with Gasteiger partial charge in [0.05, 0.1) is 25.6 Å². The number of nitrogens with zero attached hydrogens (tertiary/aromatic N) is 3. The van der Waals surface area contributed by atoms with Gasteiger partial charge in [-0.2, -0.15) is 4.98 Å². The second-order valence-electron chi connectivity index (χ2n) is 8.34. The van der Waals surface area contributed by atoms with Gasteiger partial charge in [-0.1, -0.05) is 40.1 Å². The zero-order valence-electron chi connectivity index (χ0n) is 19.0. The number of hydrogen-bond acceptors (Lipinski definition) is 6. The van der Waals surface area contributed by atoms with Gasteiger partial charge in [-0.3, -0.25) is 9.69 Å². The first-order chi connectivity index (χ1) is 16.1. The smallest absolute Gasteiger partial charge is 0.241 e. The number of carbonyl (C=O) groups excluding carboxylic acids is 1. The molecule has 0 aliphatic carbocycles. The van der Waals surface area contributed by atoms with Crippen LogP contribution in [0.25, 0.3) is 11.4 Å². The number of aromatic nitrogens is 2. The summed E-state index contributed by atoms with van der Waals surface area (Å²) in [6.07, 6.45) is 2.68. The molecule has 4 rings (SSSR count). The predicted octanol–water partition coefficient (Wildman–Crippen LogP) is 4.99. The number of hydrogen-bond donors (Lipinski definition) is 1. The van der Waals surface area contributed by atoms with Gasteiger partial charge >= 0.3 is 0 Å². The molecule has 33 heavy (non-hydrogen) atoms. The highest BCUT2D eigenvalue weighted by atomic mass is 79.9. The Bertz CT molecular complexity index is 1050. The molecular formula is C25H29BrN4O3. The minimum Gasteiger partial charge on any atom is -0.497 e. The SMILES string of the molecule is CCC(NC(=O)C1CCCN(Cc2nc(-c3ccc(Br)cc3)no2)C1)c1ccc(OC)cc1. The highest BCUT2D eigenvalue weighted by molar-refractivity contribution is 9.10. The van der Waals surface area contributed by atoms with E-state index in [4.69, 9.17) is 9.26 Å². The highest BCUT2D eigenvalue weighted by Crippen LogP contribution is 2.24. The Morgan fingerprint density at radius 3 is 2.70 bits per heavy atom. The molecule has 2 aromatic carbocycles. The van der Waals surface area contributed by atoms with Crippen LogP contribution in [0.5, 0.6) is 5.75 Å². The van der Waals surface area contributed by atoms with E-state index in [1.165, 1.54) is 0 Å². The van der Waals surface area contributed by atoms with Crippen LogP contribution in [0, 0.1) is 5.92 Å². The van der Waals surface area contributed by atoms with Crippen molar-refractivity contribution in [1.29, 1.82) is 0 Å². The van der Waals surface area contributed by atoms with Gasteiger partial charge in [-0.25, -0.2) is 0 Å². The summed E-state index contributed by atoms with van der Waals surface area (Å²) in [5.41, 5.74) is 2.00. The molecule has 2 heterocycles. The van der Waals surface area contributed by atoms with Crippen LogP contribution < -0.4 is 10.1 Å². The van der Waals surface area contributed by atoms with E-state index in [-0.39, 0.29) is 17.9 Å². The van der Waals surface area contributed by atoms with E-state index < -0.39 is 0 Å². The number of carbonyl (C=O) groups is 1. The molecule has 7 nitrogen and oxygen atoms in total. The maximum absolute atomic E-state index is 13.1. The molecule has 174 valence electrons. The largest absolute Gasteiger partial charge is 0.497 e. The monoisotopic (exact) mass is 512 g/mol. The van der Waals surface area contributed by atoms with Crippen LogP contribution in [0.15, 0.2) is 57.5 Å². The molecule has 0 saturated carbocycles. The van der Waals surface area contributed by atoms with Crippen molar-refractivity contribution in [1.82, 2.24) is 20.4 Å². The molecule has 1 aliphatic rings. The third-order valence-corrected chi connectivity index (χ3v) is 6.58. The third-order valence-electron chi connectivity index (χ3n) is 6.05. The Morgan fingerprint density at radius 1 is 1.24 bits per heavy atom. The minimum atomic E-state index is -0.0556. The molecule has 1 saturated heterocycles. The highest BCUT2D eigenvalue weighted by Gasteiger charge is 2.28. The molecular weight excluding hydrogens is 484 g/mol. The number of amides is 1. The lowest BCUT2D eigenvalue weighted by molar-refractivity contribution is -0.127. The van der Waals surface area contributed by atoms with Crippen LogP contribution >= 0.6 is 15.9 Å². The van der Waals surface area contributed by atoms with Gasteiger partial charge in [0.1, 0.15) is 5.75 Å². The Labute approximate surface area is 202 Å². The van der Waals surface area contributed by atoms with E-state index in [0.29, 0.717) is 24.8 Å². The maximum Gasteiger partial charge on any atom is 0.241 e. The number of rotatable bonds is 8. The zero-order valence-corrected chi connectivity index (χ0v) is 20.5. The molecule has 1 aliphatic heterocycles. The molecule has 1 fully saturated rings. The minimum absolute atomic E-state index is 0.0109. The van der Waals surface area contributed by atoms with Crippen LogP contribution in [0.4, 0.5) is 0 Å². The molecule has 3 aromatic rings. The summed E-state index contributed by atoms with van der Waals surface area (Å²) in [6.45, 7) is 4.22. The molecule has 1 aromatic heterocycles. The van der Waals surface area contributed by atoms with Crippen molar-refractivity contribution < 1.29 is 14.1 Å². The van der Waals surface area contributed by atoms with Gasteiger partial charge in [0, 0.05) is 16.6 Å². The summed E-state index contributed by atoms with van der Waals surface area (Å²) in [4.78, 5) is 19.8. The normalized spacial score (nSPS) is 17.5. The lowest BCUT2D eigenvalue weighted by Gasteiger charge is -2.32. The first-order valence-electron chi connectivity index (χ1n) is 11.3. The summed E-state index contributed by atoms with van der Waals surface area (Å²) in [5.74, 6) is 2.00. The van der Waals surface area contributed by atoms with Gasteiger partial charge in [-0.15, -0.1) is 0 Å². The van der Waals surface area contributed by atoms with Crippen LogP contribution in [-0.4, -0.2) is 41.1 Å². The summed E-state index contributed by atoms with van der Waals surface area (Å²) < 4.78 is 11.7. The van der Waals surface area contributed by atoms with Crippen LogP contribution in [-0.2, 0) is 11.3 Å². The Morgan fingerprint density at radius 2 is 2.00 bits per heavy atom. The van der Waals surface area contributed by atoms with Gasteiger partial charge in [0.15, 0.2) is 0 Å². The number of ether oxygens (including phenoxy) is 1. The van der Waals surface area contributed by atoms with E-state index in [1.54, 1.807) is 7.11 Å². The number of likely N-dealkylation sites (tertiary alicyclic amines) is 1. The van der Waals surface area contributed by atoms with Crippen molar-refractivity contribution in [3.63, 3.8) is 0 Å². The molecule has 2 atom stereocenters. The van der Waals surface area contributed by atoms with Gasteiger partial charge < -0.3 is 14.6 Å². The van der Waals surface area contributed by atoms with E-state index in [0.717, 1.165) is 47.2 Å². The second-order valence-corrected chi connectivity index (χ2v) is 9.25. The zero-order chi connectivity index (χ0) is 23.2. The fraction of sp³-hybridized carbons (Fsp3) is 0.400. The molecule has 1 amide bonds. The van der Waals surface area contributed by atoms with Gasteiger partial charge in [0.2, 0.25) is 17.6 Å². The van der Waals surface area contributed by atoms with Crippen molar-refractivity contribution in [2.24, 2.45) is 5.92 Å². The number of benzene rings is 2. The van der Waals surface area contributed by atoms with E-state index in [2.05, 4.69) is 43.2 Å². The van der Waals surface area contributed by atoms with Crippen molar-refractivity contribution in [3.8, 4) is 17.1 Å². The molecule has 0 radical (unpaired) electrons. The predicted molar refractivity (Wildman–Crippen MR) is 130 cm³/mol. The van der Waals surface area contributed by atoms with Crippen LogP contribution in [0.1, 0.15) is 43.7 Å². The van der Waals surface area contributed by atoms with Crippen molar-refractivity contribution in [2.75, 3.05) is 20.2 Å². The van der Waals surface area contributed by atoms with E-state index in [1.807, 2.05) is 48.5 Å². The fourth-order valence-electron chi connectivity index (χ4n) is 4.19. The van der Waals surface area contributed by atoms with Gasteiger partial charge in [-0.05, 0) is 67.8 Å². The lowest BCUT2D eigenvalue weighted by Crippen LogP contribution is -2.43. The van der Waals surface area contributed by atoms with E-state index in [9.17, 15) is 4.79 Å². The summed E-state index contributed by atoms with van der Waals surface area (Å²) >= 11 is 3.44. The molecule has 1 N–H and O–H groups in total. The van der Waals surface area contributed by atoms with Crippen LogP contribution in [0.2, 0.25) is 0 Å².